The molecule has 0 aliphatic heterocycles. The number of unbranched alkanes of at least 4 members (excludes halogenated alkanes) is 11. The fourth-order valence-corrected chi connectivity index (χ4v) is 5.09. The molecule has 0 radical (unpaired) electrons. The molecule has 0 aromatic carbocycles. The van der Waals surface area contributed by atoms with E-state index in [1.165, 1.54) is 64.2 Å². The van der Waals surface area contributed by atoms with Crippen molar-refractivity contribution in [2.75, 3.05) is 21.1 Å². The summed E-state index contributed by atoms with van der Waals surface area (Å²) in [5, 5.41) is -0.596. The van der Waals surface area contributed by atoms with E-state index in [4.69, 9.17) is 0 Å². The van der Waals surface area contributed by atoms with E-state index >= 15 is 0 Å². The molecule has 0 fully saturated rings. The second-order valence-electron chi connectivity index (χ2n) is 8.91. The highest BCUT2D eigenvalue weighted by Crippen LogP contribution is 2.44. The van der Waals surface area contributed by atoms with Gasteiger partial charge in [0.25, 0.3) is 5.28 Å². The van der Waals surface area contributed by atoms with Crippen molar-refractivity contribution >= 4 is 8.03 Å². The molecule has 3 nitrogen and oxygen atoms in total. The van der Waals surface area contributed by atoms with Crippen LogP contribution in [0.25, 0.3) is 0 Å². The summed E-state index contributed by atoms with van der Waals surface area (Å²) in [4.78, 5) is 11.9. The summed E-state index contributed by atoms with van der Waals surface area (Å²) in [5.74, 6) is 0. The molecule has 0 heterocycles. The van der Waals surface area contributed by atoms with Crippen LogP contribution in [0.1, 0.15) is 110 Å². The first-order valence-electron chi connectivity index (χ1n) is 11.4. The lowest BCUT2D eigenvalue weighted by Crippen LogP contribution is -2.55. The molecule has 0 amide bonds. The predicted octanol–water partition coefficient (Wildman–Crippen LogP) is 6.94. The maximum Gasteiger partial charge on any atom is 0.376 e. The topological polar surface area (TPSA) is 40.1 Å². The van der Waals surface area contributed by atoms with E-state index in [2.05, 4.69) is 19.1 Å². The van der Waals surface area contributed by atoms with Gasteiger partial charge in [-0.05, 0) is 25.7 Å². The van der Waals surface area contributed by atoms with Gasteiger partial charge in [0.15, 0.2) is 0 Å². The van der Waals surface area contributed by atoms with E-state index in [1.807, 2.05) is 28.1 Å². The lowest BCUT2D eigenvalue weighted by Gasteiger charge is -2.39. The molecule has 0 rings (SSSR count). The Labute approximate surface area is 171 Å². The Hall–Kier alpha value is -0.240. The molecule has 0 aliphatic carbocycles. The minimum absolute atomic E-state index is 0.511. The van der Waals surface area contributed by atoms with E-state index < -0.39 is 13.3 Å². The first kappa shape index (κ1) is 26.8. The van der Waals surface area contributed by atoms with Crippen LogP contribution in [0.4, 0.5) is 0 Å². The van der Waals surface area contributed by atoms with E-state index in [1.54, 1.807) is 0 Å². The highest BCUT2D eigenvalue weighted by molar-refractivity contribution is 7.38. The maximum absolute atomic E-state index is 11.9. The van der Waals surface area contributed by atoms with Crippen LogP contribution in [-0.4, -0.2) is 30.9 Å². The Balaban J connectivity index is 3.64. The van der Waals surface area contributed by atoms with Crippen molar-refractivity contribution in [2.45, 2.75) is 115 Å². The number of hydrogen-bond donors (Lipinski definition) is 0. The van der Waals surface area contributed by atoms with Crippen LogP contribution in [0, 0.1) is 0 Å². The molecule has 0 saturated heterocycles. The Morgan fingerprint density at radius 2 is 1.22 bits per heavy atom. The van der Waals surface area contributed by atoms with Gasteiger partial charge in [-0.2, -0.15) is 0 Å². The highest BCUT2D eigenvalue weighted by atomic mass is 31.1. The second kappa shape index (κ2) is 15.7. The van der Waals surface area contributed by atoms with Crippen LogP contribution in [0.3, 0.4) is 0 Å². The van der Waals surface area contributed by atoms with Gasteiger partial charge in [-0.15, -0.1) is 0 Å². The number of hydrogen-bond acceptors (Lipinski definition) is 2. The summed E-state index contributed by atoms with van der Waals surface area (Å²) < 4.78 is 12.4. The summed E-state index contributed by atoms with van der Waals surface area (Å²) >= 11 is 0. The lowest BCUT2D eigenvalue weighted by atomic mass is 10.0. The fourth-order valence-electron chi connectivity index (χ4n) is 4.00. The van der Waals surface area contributed by atoms with Crippen molar-refractivity contribution in [2.24, 2.45) is 0 Å². The largest absolute Gasteiger partial charge is 0.590 e. The minimum atomic E-state index is -2.41. The van der Waals surface area contributed by atoms with Gasteiger partial charge in [0.05, 0.1) is 21.1 Å². The van der Waals surface area contributed by atoms with E-state index in [-0.39, 0.29) is 0 Å². The molecule has 0 bridgehead atoms. The summed E-state index contributed by atoms with van der Waals surface area (Å²) in [7, 11) is 3.62. The first-order valence-corrected chi connectivity index (χ1v) is 12.6. The Morgan fingerprint density at radius 1 is 0.778 bits per heavy atom. The van der Waals surface area contributed by atoms with Gasteiger partial charge in [-0.3, -0.25) is 4.48 Å². The van der Waals surface area contributed by atoms with Crippen molar-refractivity contribution in [1.82, 2.24) is 0 Å². The predicted molar refractivity (Wildman–Crippen MR) is 118 cm³/mol. The Kier molecular flexibility index (Phi) is 15.5. The third-order valence-electron chi connectivity index (χ3n) is 6.01. The lowest BCUT2D eigenvalue weighted by molar-refractivity contribution is -0.910. The van der Waals surface area contributed by atoms with Crippen molar-refractivity contribution in [3.63, 3.8) is 0 Å². The molecule has 27 heavy (non-hydrogen) atoms. The molecular weight excluding hydrogens is 353 g/mol. The zero-order chi connectivity index (χ0) is 20.6. The number of rotatable bonds is 18. The Morgan fingerprint density at radius 3 is 1.59 bits per heavy atom. The van der Waals surface area contributed by atoms with Gasteiger partial charge in [0, 0.05) is 12.8 Å². The maximum atomic E-state index is 11.9. The zero-order valence-corrected chi connectivity index (χ0v) is 19.9. The third kappa shape index (κ3) is 11.4. The zero-order valence-electron chi connectivity index (χ0n) is 19.0. The number of quaternary nitrogens is 1. The standard InChI is InChI=1S/C23H47NO2P/c1-6-8-9-10-11-12-13-14-15-16-17-18-19-20-21-22-23(7-2,27(25)26)24(3,4)5/h8-9H,6-7,10-22H2,1-5H3/q+1. The molecule has 2 unspecified atom stereocenters. The van der Waals surface area contributed by atoms with Crippen LogP contribution in [0.5, 0.6) is 0 Å². The molecule has 0 spiro atoms. The van der Waals surface area contributed by atoms with Crippen LogP contribution in [-0.2, 0) is 4.57 Å². The van der Waals surface area contributed by atoms with E-state index in [0.717, 1.165) is 25.7 Å². The van der Waals surface area contributed by atoms with Crippen molar-refractivity contribution < 1.29 is 13.9 Å². The van der Waals surface area contributed by atoms with E-state index in [9.17, 15) is 9.46 Å². The van der Waals surface area contributed by atoms with Gasteiger partial charge in [0.2, 0.25) is 0 Å². The molecule has 0 saturated carbocycles. The average molecular weight is 401 g/mol. The monoisotopic (exact) mass is 400 g/mol. The van der Waals surface area contributed by atoms with E-state index in [0.29, 0.717) is 10.9 Å². The van der Waals surface area contributed by atoms with Gasteiger partial charge in [-0.25, -0.2) is 0 Å². The second-order valence-corrected chi connectivity index (χ2v) is 10.3. The summed E-state index contributed by atoms with van der Waals surface area (Å²) in [5.41, 5.74) is 0. The summed E-state index contributed by atoms with van der Waals surface area (Å²) in [6, 6.07) is 0. The highest BCUT2D eigenvalue weighted by Gasteiger charge is 2.52. The van der Waals surface area contributed by atoms with Gasteiger partial charge < -0.3 is 4.89 Å². The van der Waals surface area contributed by atoms with Gasteiger partial charge >= 0.3 is 8.03 Å². The quantitative estimate of drug-likeness (QED) is 0.108. The first-order chi connectivity index (χ1) is 12.8. The summed E-state index contributed by atoms with van der Waals surface area (Å²) in [6.07, 6.45) is 22.8. The molecule has 160 valence electrons. The summed E-state index contributed by atoms with van der Waals surface area (Å²) in [6.45, 7) is 4.20. The molecule has 0 aromatic heterocycles. The molecule has 0 aliphatic rings. The number of nitrogens with zero attached hydrogens (tertiary/aromatic N) is 1. The smallest absolute Gasteiger partial charge is 0.376 e. The molecule has 0 aromatic rings. The molecule has 2 atom stereocenters. The van der Waals surface area contributed by atoms with Crippen molar-refractivity contribution in [1.29, 1.82) is 0 Å². The average Bonchev–Trinajstić information content (AvgIpc) is 2.60. The van der Waals surface area contributed by atoms with Gasteiger partial charge in [-0.1, -0.05) is 88.4 Å². The molecular formula is C23H47NO2P+. The van der Waals surface area contributed by atoms with Crippen LogP contribution in [0.2, 0.25) is 0 Å². The van der Waals surface area contributed by atoms with Crippen LogP contribution < -0.4 is 4.89 Å². The Bertz CT molecular complexity index is 404. The minimum Gasteiger partial charge on any atom is -0.590 e. The van der Waals surface area contributed by atoms with Gasteiger partial charge in [0.1, 0.15) is 0 Å². The third-order valence-corrected chi connectivity index (χ3v) is 7.82. The molecule has 0 N–H and O–H groups in total. The van der Waals surface area contributed by atoms with Crippen molar-refractivity contribution in [3.05, 3.63) is 12.2 Å². The number of allylic oxidation sites excluding steroid dienone is 2. The normalized spacial score (nSPS) is 15.3. The molecule has 4 heteroatoms. The fraction of sp³-hybridized carbons (Fsp3) is 0.913. The van der Waals surface area contributed by atoms with Crippen LogP contribution >= 0.6 is 8.03 Å². The van der Waals surface area contributed by atoms with Crippen LogP contribution in [0.15, 0.2) is 12.2 Å². The van der Waals surface area contributed by atoms with Crippen molar-refractivity contribution in [3.8, 4) is 0 Å². The SMILES string of the molecule is CCC=CCCCCCCCCCCCCCC(CC)([P+](=O)[O-])[N+](C)(C)C.